The molecule has 1 atom stereocenters. The average molecular weight is 279 g/mol. The van der Waals surface area contributed by atoms with Crippen LogP contribution in [0.25, 0.3) is 0 Å². The largest absolute Gasteiger partial charge is 0.494 e. The van der Waals surface area contributed by atoms with Gasteiger partial charge in [0.15, 0.2) is 0 Å². The fourth-order valence-corrected chi connectivity index (χ4v) is 2.14. The first kappa shape index (κ1) is 14.8. The zero-order chi connectivity index (χ0) is 14.2. The van der Waals surface area contributed by atoms with E-state index in [4.69, 9.17) is 14.6 Å². The second-order valence-corrected chi connectivity index (χ2v) is 4.78. The zero-order valence-electron chi connectivity index (χ0n) is 11.5. The summed E-state index contributed by atoms with van der Waals surface area (Å²) in [4.78, 5) is 13.8. The van der Waals surface area contributed by atoms with E-state index >= 15 is 0 Å². The number of rotatable bonds is 6. The molecule has 1 fully saturated rings. The number of aliphatic hydroxyl groups excluding tert-OH is 1. The van der Waals surface area contributed by atoms with Gasteiger partial charge < -0.3 is 19.5 Å². The number of morpholine rings is 1. The van der Waals surface area contributed by atoms with Crippen LogP contribution in [0.3, 0.4) is 0 Å². The van der Waals surface area contributed by atoms with E-state index in [-0.39, 0.29) is 18.6 Å². The Morgan fingerprint density at radius 2 is 2.20 bits per heavy atom. The molecule has 20 heavy (non-hydrogen) atoms. The van der Waals surface area contributed by atoms with Crippen LogP contribution in [0.1, 0.15) is 12.8 Å². The maximum atomic E-state index is 12.0. The van der Waals surface area contributed by atoms with E-state index in [0.29, 0.717) is 39.1 Å². The van der Waals surface area contributed by atoms with Crippen molar-refractivity contribution in [3.63, 3.8) is 0 Å². The second kappa shape index (κ2) is 7.87. The highest BCUT2D eigenvalue weighted by atomic mass is 16.5. The molecule has 0 bridgehead atoms. The van der Waals surface area contributed by atoms with E-state index in [1.54, 1.807) is 4.90 Å². The van der Waals surface area contributed by atoms with Gasteiger partial charge in [-0.15, -0.1) is 0 Å². The topological polar surface area (TPSA) is 59.0 Å². The predicted octanol–water partition coefficient (Wildman–Crippen LogP) is 1.07. The monoisotopic (exact) mass is 279 g/mol. The van der Waals surface area contributed by atoms with Crippen molar-refractivity contribution in [2.75, 3.05) is 32.9 Å². The van der Waals surface area contributed by atoms with Crippen molar-refractivity contribution < 1.29 is 19.4 Å². The summed E-state index contributed by atoms with van der Waals surface area (Å²) in [5.74, 6) is 0.926. The number of carbonyl (C=O) groups is 1. The molecule has 0 aliphatic carbocycles. The van der Waals surface area contributed by atoms with Crippen LogP contribution in [-0.2, 0) is 9.53 Å². The van der Waals surface area contributed by atoms with Crippen LogP contribution in [-0.4, -0.2) is 54.9 Å². The highest BCUT2D eigenvalue weighted by Gasteiger charge is 2.23. The number of nitrogens with zero attached hydrogens (tertiary/aromatic N) is 1. The van der Waals surface area contributed by atoms with Crippen molar-refractivity contribution in [3.05, 3.63) is 30.3 Å². The Labute approximate surface area is 119 Å². The molecule has 1 amide bonds. The molecule has 5 nitrogen and oxygen atoms in total. The Kier molecular flexibility index (Phi) is 5.83. The Hall–Kier alpha value is -1.59. The Balaban J connectivity index is 1.65. The molecular formula is C15H21NO4. The first-order valence-corrected chi connectivity index (χ1v) is 6.97. The minimum Gasteiger partial charge on any atom is -0.494 e. The molecule has 1 aliphatic heterocycles. The Bertz CT molecular complexity index is 410. The third-order valence-electron chi connectivity index (χ3n) is 3.24. The van der Waals surface area contributed by atoms with Crippen LogP contribution in [0.5, 0.6) is 5.75 Å². The van der Waals surface area contributed by atoms with Crippen molar-refractivity contribution in [1.82, 2.24) is 4.90 Å². The molecule has 1 unspecified atom stereocenters. The van der Waals surface area contributed by atoms with Crippen LogP contribution >= 0.6 is 0 Å². The van der Waals surface area contributed by atoms with Crippen LogP contribution < -0.4 is 4.74 Å². The number of benzene rings is 1. The number of hydrogen-bond acceptors (Lipinski definition) is 4. The highest BCUT2D eigenvalue weighted by molar-refractivity contribution is 5.76. The van der Waals surface area contributed by atoms with Gasteiger partial charge in [0.2, 0.25) is 5.91 Å². The van der Waals surface area contributed by atoms with Gasteiger partial charge in [-0.05, 0) is 18.6 Å². The number of hydrogen-bond donors (Lipinski definition) is 1. The van der Waals surface area contributed by atoms with Gasteiger partial charge in [-0.2, -0.15) is 0 Å². The molecule has 0 aromatic heterocycles. The highest BCUT2D eigenvalue weighted by Crippen LogP contribution is 2.10. The number of carbonyl (C=O) groups excluding carboxylic acids is 1. The van der Waals surface area contributed by atoms with Gasteiger partial charge in [-0.25, -0.2) is 0 Å². The lowest BCUT2D eigenvalue weighted by Crippen LogP contribution is -2.46. The summed E-state index contributed by atoms with van der Waals surface area (Å²) in [6, 6.07) is 9.57. The van der Waals surface area contributed by atoms with Gasteiger partial charge in [-0.3, -0.25) is 4.79 Å². The van der Waals surface area contributed by atoms with Gasteiger partial charge in [-0.1, -0.05) is 18.2 Å². The summed E-state index contributed by atoms with van der Waals surface area (Å²) in [5, 5.41) is 9.05. The van der Waals surface area contributed by atoms with Crippen LogP contribution in [0.15, 0.2) is 30.3 Å². The summed E-state index contributed by atoms with van der Waals surface area (Å²) >= 11 is 0. The van der Waals surface area contributed by atoms with E-state index in [9.17, 15) is 4.79 Å². The van der Waals surface area contributed by atoms with E-state index in [1.165, 1.54) is 0 Å². The summed E-state index contributed by atoms with van der Waals surface area (Å²) < 4.78 is 10.9. The van der Waals surface area contributed by atoms with E-state index in [1.807, 2.05) is 30.3 Å². The normalized spacial score (nSPS) is 18.9. The molecule has 1 aliphatic rings. The van der Waals surface area contributed by atoms with Gasteiger partial charge in [0.05, 0.1) is 25.9 Å². The number of amides is 1. The van der Waals surface area contributed by atoms with E-state index < -0.39 is 0 Å². The molecule has 1 N–H and O–H groups in total. The standard InChI is InChI=1S/C15H21NO4/c17-12-14-11-16(8-10-20-14)15(18)7-4-9-19-13-5-2-1-3-6-13/h1-3,5-6,14,17H,4,7-12H2. The number of para-hydroxylation sites is 1. The first-order chi connectivity index (χ1) is 9.79. The summed E-state index contributed by atoms with van der Waals surface area (Å²) in [7, 11) is 0. The quantitative estimate of drug-likeness (QED) is 0.791. The van der Waals surface area contributed by atoms with Crippen molar-refractivity contribution >= 4 is 5.91 Å². The predicted molar refractivity (Wildman–Crippen MR) is 74.6 cm³/mol. The Morgan fingerprint density at radius 3 is 2.95 bits per heavy atom. The summed E-state index contributed by atoms with van der Waals surface area (Å²) in [6.07, 6.45) is 0.910. The lowest BCUT2D eigenvalue weighted by molar-refractivity contribution is -0.140. The van der Waals surface area contributed by atoms with E-state index in [2.05, 4.69) is 0 Å². The summed E-state index contributed by atoms with van der Waals surface area (Å²) in [5.41, 5.74) is 0. The lowest BCUT2D eigenvalue weighted by Gasteiger charge is -2.32. The van der Waals surface area contributed by atoms with Gasteiger partial charge >= 0.3 is 0 Å². The lowest BCUT2D eigenvalue weighted by atomic mass is 10.2. The maximum absolute atomic E-state index is 12.0. The first-order valence-electron chi connectivity index (χ1n) is 6.97. The fraction of sp³-hybridized carbons (Fsp3) is 0.533. The van der Waals surface area contributed by atoms with Crippen LogP contribution in [0.2, 0.25) is 0 Å². The molecule has 0 radical (unpaired) electrons. The van der Waals surface area contributed by atoms with Crippen molar-refractivity contribution in [1.29, 1.82) is 0 Å². The summed E-state index contributed by atoms with van der Waals surface area (Å²) in [6.45, 7) is 2.08. The molecule has 1 saturated heterocycles. The molecule has 0 spiro atoms. The fourth-order valence-electron chi connectivity index (χ4n) is 2.14. The molecule has 5 heteroatoms. The number of ether oxygens (including phenoxy) is 2. The maximum Gasteiger partial charge on any atom is 0.222 e. The van der Waals surface area contributed by atoms with E-state index in [0.717, 1.165) is 5.75 Å². The molecule has 1 aromatic carbocycles. The van der Waals surface area contributed by atoms with Crippen molar-refractivity contribution in [2.45, 2.75) is 18.9 Å². The van der Waals surface area contributed by atoms with Crippen molar-refractivity contribution in [2.24, 2.45) is 0 Å². The molecule has 1 heterocycles. The van der Waals surface area contributed by atoms with Gasteiger partial charge in [0.25, 0.3) is 0 Å². The van der Waals surface area contributed by atoms with Gasteiger partial charge in [0, 0.05) is 19.5 Å². The van der Waals surface area contributed by atoms with Crippen LogP contribution in [0.4, 0.5) is 0 Å². The average Bonchev–Trinajstić information content (AvgIpc) is 2.52. The minimum absolute atomic E-state index is 0.0408. The van der Waals surface area contributed by atoms with Crippen LogP contribution in [0, 0.1) is 0 Å². The second-order valence-electron chi connectivity index (χ2n) is 4.78. The van der Waals surface area contributed by atoms with Gasteiger partial charge in [0.1, 0.15) is 5.75 Å². The zero-order valence-corrected chi connectivity index (χ0v) is 11.5. The minimum atomic E-state index is -0.242. The third kappa shape index (κ3) is 4.51. The third-order valence-corrected chi connectivity index (χ3v) is 3.24. The molecule has 2 rings (SSSR count). The molecular weight excluding hydrogens is 258 g/mol. The Morgan fingerprint density at radius 1 is 1.40 bits per heavy atom. The smallest absolute Gasteiger partial charge is 0.222 e. The van der Waals surface area contributed by atoms with Crippen molar-refractivity contribution in [3.8, 4) is 5.75 Å². The molecule has 0 saturated carbocycles. The number of aliphatic hydroxyl groups is 1. The SMILES string of the molecule is O=C(CCCOc1ccccc1)N1CCOC(CO)C1. The molecule has 1 aromatic rings. The molecule has 110 valence electrons.